The van der Waals surface area contributed by atoms with E-state index in [2.05, 4.69) is 39.8 Å². The summed E-state index contributed by atoms with van der Waals surface area (Å²) in [7, 11) is 0. The van der Waals surface area contributed by atoms with Crippen molar-refractivity contribution in [1.82, 2.24) is 4.57 Å². The van der Waals surface area contributed by atoms with E-state index in [1.54, 1.807) is 12.3 Å². The van der Waals surface area contributed by atoms with Gasteiger partial charge in [0.25, 0.3) is 5.91 Å². The minimum Gasteiger partial charge on any atom is -0.478 e. The Labute approximate surface area is 158 Å². The standard InChI is InChI=1S/C22H24N2O3/c1-12(2)14-7-5-8-15(13(3)4)20(14)24-11-17(21(23)25)19-16(22(26)27)9-6-10-18(19)24/h5-13H,1-4H3,(H2,23,25)(H,26,27). The monoisotopic (exact) mass is 364 g/mol. The van der Waals surface area contributed by atoms with Gasteiger partial charge in [0.2, 0.25) is 0 Å². The molecule has 5 heteroatoms. The number of fused-ring (bicyclic) bond motifs is 1. The number of hydrogen-bond acceptors (Lipinski definition) is 2. The summed E-state index contributed by atoms with van der Waals surface area (Å²) in [6, 6.07) is 11.2. The SMILES string of the molecule is CC(C)c1cccc(C(C)C)c1-n1cc(C(N)=O)c2c(C(=O)O)cccc21. The summed E-state index contributed by atoms with van der Waals surface area (Å²) in [6.07, 6.45) is 1.67. The fourth-order valence-electron chi connectivity index (χ4n) is 3.63. The first-order chi connectivity index (χ1) is 12.7. The topological polar surface area (TPSA) is 85.3 Å². The number of primary amides is 1. The molecule has 2 aromatic carbocycles. The summed E-state index contributed by atoms with van der Waals surface area (Å²) in [5, 5.41) is 9.97. The Bertz CT molecular complexity index is 1020. The van der Waals surface area contributed by atoms with Crippen molar-refractivity contribution in [3.8, 4) is 5.69 Å². The van der Waals surface area contributed by atoms with Crippen LogP contribution in [0.25, 0.3) is 16.6 Å². The number of carboxylic acids is 1. The van der Waals surface area contributed by atoms with Crippen molar-refractivity contribution in [2.24, 2.45) is 5.73 Å². The van der Waals surface area contributed by atoms with Crippen LogP contribution in [0.3, 0.4) is 0 Å². The molecule has 140 valence electrons. The van der Waals surface area contributed by atoms with Crippen molar-refractivity contribution in [2.75, 3.05) is 0 Å². The van der Waals surface area contributed by atoms with E-state index in [1.165, 1.54) is 6.07 Å². The highest BCUT2D eigenvalue weighted by molar-refractivity contribution is 6.14. The van der Waals surface area contributed by atoms with Gasteiger partial charge in [-0.3, -0.25) is 4.79 Å². The lowest BCUT2D eigenvalue weighted by Gasteiger charge is -2.21. The lowest BCUT2D eigenvalue weighted by molar-refractivity contribution is 0.0699. The molecule has 0 fully saturated rings. The van der Waals surface area contributed by atoms with Crippen LogP contribution in [0.2, 0.25) is 0 Å². The molecule has 1 heterocycles. The summed E-state index contributed by atoms with van der Waals surface area (Å²) in [5.74, 6) is -1.20. The number of carbonyl (C=O) groups is 2. The number of para-hydroxylation sites is 1. The molecule has 0 aliphatic carbocycles. The van der Waals surface area contributed by atoms with Crippen molar-refractivity contribution >= 4 is 22.8 Å². The van der Waals surface area contributed by atoms with Crippen molar-refractivity contribution in [3.63, 3.8) is 0 Å². The summed E-state index contributed by atoms with van der Waals surface area (Å²) >= 11 is 0. The molecular formula is C22H24N2O3. The maximum absolute atomic E-state index is 12.1. The average molecular weight is 364 g/mol. The lowest BCUT2D eigenvalue weighted by atomic mass is 9.92. The van der Waals surface area contributed by atoms with Crippen LogP contribution in [-0.2, 0) is 0 Å². The minimum atomic E-state index is -1.08. The van der Waals surface area contributed by atoms with E-state index < -0.39 is 11.9 Å². The number of nitrogens with zero attached hydrogens (tertiary/aromatic N) is 1. The maximum atomic E-state index is 12.1. The molecule has 3 N–H and O–H groups in total. The summed E-state index contributed by atoms with van der Waals surface area (Å²) in [4.78, 5) is 23.8. The fraction of sp³-hybridized carbons (Fsp3) is 0.273. The normalized spacial score (nSPS) is 11.5. The van der Waals surface area contributed by atoms with Gasteiger partial charge in [-0.2, -0.15) is 0 Å². The highest BCUT2D eigenvalue weighted by Crippen LogP contribution is 2.35. The molecule has 0 aliphatic heterocycles. The molecule has 0 aliphatic rings. The predicted octanol–water partition coefficient (Wildman–Crippen LogP) is 4.67. The molecule has 0 saturated heterocycles. The van der Waals surface area contributed by atoms with Crippen molar-refractivity contribution in [1.29, 1.82) is 0 Å². The smallest absolute Gasteiger partial charge is 0.336 e. The van der Waals surface area contributed by atoms with Gasteiger partial charge in [-0.15, -0.1) is 0 Å². The third-order valence-corrected chi connectivity index (χ3v) is 4.91. The number of hydrogen-bond donors (Lipinski definition) is 2. The Morgan fingerprint density at radius 2 is 1.48 bits per heavy atom. The van der Waals surface area contributed by atoms with Crippen LogP contribution in [-0.4, -0.2) is 21.6 Å². The predicted molar refractivity (Wildman–Crippen MR) is 107 cm³/mol. The van der Waals surface area contributed by atoms with Crippen LogP contribution in [0.15, 0.2) is 42.6 Å². The number of rotatable bonds is 5. The van der Waals surface area contributed by atoms with Gasteiger partial charge in [0.1, 0.15) is 0 Å². The third-order valence-electron chi connectivity index (χ3n) is 4.91. The second kappa shape index (κ2) is 6.91. The molecule has 3 rings (SSSR count). The molecule has 0 unspecified atom stereocenters. The maximum Gasteiger partial charge on any atom is 0.336 e. The first-order valence-electron chi connectivity index (χ1n) is 9.04. The number of aromatic carboxylic acids is 1. The van der Waals surface area contributed by atoms with Gasteiger partial charge in [0, 0.05) is 11.6 Å². The number of carbonyl (C=O) groups excluding carboxylic acids is 1. The van der Waals surface area contributed by atoms with Gasteiger partial charge in [0.15, 0.2) is 0 Å². The number of amides is 1. The van der Waals surface area contributed by atoms with Crippen LogP contribution in [0, 0.1) is 0 Å². The van der Waals surface area contributed by atoms with Gasteiger partial charge >= 0.3 is 5.97 Å². The molecule has 27 heavy (non-hydrogen) atoms. The molecule has 1 aromatic heterocycles. The molecule has 0 spiro atoms. The number of benzene rings is 2. The average Bonchev–Trinajstić information content (AvgIpc) is 3.00. The van der Waals surface area contributed by atoms with Crippen LogP contribution in [0.1, 0.15) is 71.4 Å². The summed E-state index contributed by atoms with van der Waals surface area (Å²) in [5.41, 5.74) is 9.81. The Morgan fingerprint density at radius 1 is 0.926 bits per heavy atom. The Kier molecular flexibility index (Phi) is 4.79. The van der Waals surface area contributed by atoms with Crippen molar-refractivity contribution in [2.45, 2.75) is 39.5 Å². The van der Waals surface area contributed by atoms with E-state index in [0.717, 1.165) is 16.8 Å². The molecule has 0 saturated carbocycles. The second-order valence-electron chi connectivity index (χ2n) is 7.38. The zero-order valence-electron chi connectivity index (χ0n) is 16.0. The molecular weight excluding hydrogens is 340 g/mol. The van der Waals surface area contributed by atoms with E-state index in [4.69, 9.17) is 5.73 Å². The molecule has 0 atom stereocenters. The van der Waals surface area contributed by atoms with Gasteiger partial charge in [-0.05, 0) is 35.1 Å². The van der Waals surface area contributed by atoms with Gasteiger partial charge < -0.3 is 15.4 Å². The fourth-order valence-corrected chi connectivity index (χ4v) is 3.63. The quantitative estimate of drug-likeness (QED) is 0.689. The van der Waals surface area contributed by atoms with E-state index in [0.29, 0.717) is 10.9 Å². The minimum absolute atomic E-state index is 0.0770. The van der Waals surface area contributed by atoms with Gasteiger partial charge in [-0.1, -0.05) is 52.0 Å². The van der Waals surface area contributed by atoms with Crippen LogP contribution in [0.5, 0.6) is 0 Å². The van der Waals surface area contributed by atoms with Gasteiger partial charge in [-0.25, -0.2) is 4.79 Å². The third kappa shape index (κ3) is 3.10. The number of carboxylic acid groups (broad SMARTS) is 1. The first-order valence-corrected chi connectivity index (χ1v) is 9.04. The van der Waals surface area contributed by atoms with Crippen LogP contribution in [0.4, 0.5) is 0 Å². The molecule has 5 nitrogen and oxygen atoms in total. The Hall–Kier alpha value is -3.08. The largest absolute Gasteiger partial charge is 0.478 e. The van der Waals surface area contributed by atoms with E-state index in [-0.39, 0.29) is 23.0 Å². The highest BCUT2D eigenvalue weighted by atomic mass is 16.4. The van der Waals surface area contributed by atoms with Crippen LogP contribution >= 0.6 is 0 Å². The van der Waals surface area contributed by atoms with E-state index in [1.807, 2.05) is 16.7 Å². The van der Waals surface area contributed by atoms with E-state index in [9.17, 15) is 14.7 Å². The lowest BCUT2D eigenvalue weighted by Crippen LogP contribution is -2.11. The Morgan fingerprint density at radius 3 is 1.96 bits per heavy atom. The zero-order chi connectivity index (χ0) is 19.9. The van der Waals surface area contributed by atoms with Crippen LogP contribution < -0.4 is 5.73 Å². The highest BCUT2D eigenvalue weighted by Gasteiger charge is 2.23. The van der Waals surface area contributed by atoms with Crippen molar-refractivity contribution < 1.29 is 14.7 Å². The second-order valence-corrected chi connectivity index (χ2v) is 7.38. The Balaban J connectivity index is 2.49. The van der Waals surface area contributed by atoms with Crippen molar-refractivity contribution in [3.05, 3.63) is 64.8 Å². The number of nitrogens with two attached hydrogens (primary N) is 1. The molecule has 1 amide bonds. The van der Waals surface area contributed by atoms with E-state index >= 15 is 0 Å². The number of aromatic nitrogens is 1. The summed E-state index contributed by atoms with van der Waals surface area (Å²) < 4.78 is 1.92. The summed E-state index contributed by atoms with van der Waals surface area (Å²) in [6.45, 7) is 8.47. The zero-order valence-corrected chi connectivity index (χ0v) is 16.0. The molecule has 0 radical (unpaired) electrons. The molecule has 3 aromatic rings. The van der Waals surface area contributed by atoms with Gasteiger partial charge in [0.05, 0.1) is 22.3 Å². The molecule has 0 bridgehead atoms. The first kappa shape index (κ1) is 18.7.